The molecule has 4 N–H and O–H groups in total. The summed E-state index contributed by atoms with van der Waals surface area (Å²) in [7, 11) is 0. The third-order valence-corrected chi connectivity index (χ3v) is 4.07. The normalized spacial score (nSPS) is 21.8. The van der Waals surface area contributed by atoms with Crippen LogP contribution in [-0.4, -0.2) is 35.4 Å². The van der Waals surface area contributed by atoms with Crippen molar-refractivity contribution < 1.29 is 15.0 Å². The quantitative estimate of drug-likeness (QED) is 0.668. The number of phenols is 1. The average Bonchev–Trinajstić information content (AvgIpc) is 2.48. The fraction of sp³-hybridized carbons (Fsp3) is 0.562. The van der Waals surface area contributed by atoms with Crippen LogP contribution in [0.15, 0.2) is 24.3 Å². The van der Waals surface area contributed by atoms with Crippen LogP contribution in [-0.2, 0) is 6.42 Å². The van der Waals surface area contributed by atoms with Crippen LogP contribution < -0.4 is 10.6 Å². The summed E-state index contributed by atoms with van der Waals surface area (Å²) in [6.45, 7) is 0.653. The molecule has 2 rings (SSSR count). The Kier molecular flexibility index (Phi) is 5.87. The lowest BCUT2D eigenvalue weighted by Gasteiger charge is -2.30. The zero-order valence-corrected chi connectivity index (χ0v) is 12.2. The van der Waals surface area contributed by atoms with E-state index in [-0.39, 0.29) is 30.3 Å². The molecule has 0 heterocycles. The van der Waals surface area contributed by atoms with Gasteiger partial charge in [-0.05, 0) is 37.0 Å². The highest BCUT2D eigenvalue weighted by Crippen LogP contribution is 2.23. The minimum Gasteiger partial charge on any atom is -0.508 e. The molecule has 0 aromatic heterocycles. The summed E-state index contributed by atoms with van der Waals surface area (Å²) >= 11 is 0. The standard InChI is InChI=1S/C16H24N2O3/c19-11-13-5-1-2-7-15(13)18-16(21)17-9-8-12-4-3-6-14(20)10-12/h3-4,6,10,13,15,19-20H,1-2,5,7-9,11H2,(H2,17,18,21). The molecule has 2 unspecified atom stereocenters. The Morgan fingerprint density at radius 2 is 2.10 bits per heavy atom. The first-order valence-corrected chi connectivity index (χ1v) is 7.62. The summed E-state index contributed by atoms with van der Waals surface area (Å²) in [4.78, 5) is 11.9. The van der Waals surface area contributed by atoms with Gasteiger partial charge in [-0.2, -0.15) is 0 Å². The predicted octanol–water partition coefficient (Wildman–Crippen LogP) is 1.79. The van der Waals surface area contributed by atoms with Crippen molar-refractivity contribution in [3.8, 4) is 5.75 Å². The number of nitrogens with one attached hydrogen (secondary N) is 2. The van der Waals surface area contributed by atoms with Crippen LogP contribution in [0, 0.1) is 5.92 Å². The lowest BCUT2D eigenvalue weighted by atomic mass is 9.85. The van der Waals surface area contributed by atoms with E-state index in [0.29, 0.717) is 13.0 Å². The van der Waals surface area contributed by atoms with Crippen molar-refractivity contribution in [2.75, 3.05) is 13.2 Å². The topological polar surface area (TPSA) is 81.6 Å². The molecule has 1 aliphatic rings. The fourth-order valence-electron chi connectivity index (χ4n) is 2.87. The highest BCUT2D eigenvalue weighted by Gasteiger charge is 2.25. The fourth-order valence-corrected chi connectivity index (χ4v) is 2.87. The Balaban J connectivity index is 1.72. The Morgan fingerprint density at radius 1 is 1.29 bits per heavy atom. The van der Waals surface area contributed by atoms with Gasteiger partial charge in [0, 0.05) is 25.1 Å². The van der Waals surface area contributed by atoms with Gasteiger partial charge < -0.3 is 20.8 Å². The van der Waals surface area contributed by atoms with Gasteiger partial charge in [-0.25, -0.2) is 4.79 Å². The highest BCUT2D eigenvalue weighted by molar-refractivity contribution is 5.74. The van der Waals surface area contributed by atoms with Crippen LogP contribution in [0.3, 0.4) is 0 Å². The second-order valence-electron chi connectivity index (χ2n) is 5.65. The van der Waals surface area contributed by atoms with Crippen LogP contribution in [0.1, 0.15) is 31.2 Å². The maximum Gasteiger partial charge on any atom is 0.315 e. The zero-order valence-electron chi connectivity index (χ0n) is 12.2. The van der Waals surface area contributed by atoms with Crippen molar-refractivity contribution in [1.29, 1.82) is 0 Å². The first kappa shape index (κ1) is 15.6. The van der Waals surface area contributed by atoms with Crippen LogP contribution >= 0.6 is 0 Å². The summed E-state index contributed by atoms with van der Waals surface area (Å²) in [6, 6.07) is 6.93. The molecule has 0 spiro atoms. The van der Waals surface area contributed by atoms with Gasteiger partial charge in [-0.3, -0.25) is 0 Å². The number of hydrogen-bond donors (Lipinski definition) is 4. The van der Waals surface area contributed by atoms with E-state index in [9.17, 15) is 15.0 Å². The molecule has 0 radical (unpaired) electrons. The third kappa shape index (κ3) is 4.93. The lowest BCUT2D eigenvalue weighted by molar-refractivity contribution is 0.154. The van der Waals surface area contributed by atoms with Gasteiger partial charge in [-0.1, -0.05) is 25.0 Å². The molecular weight excluding hydrogens is 268 g/mol. The van der Waals surface area contributed by atoms with Crippen molar-refractivity contribution in [3.05, 3.63) is 29.8 Å². The van der Waals surface area contributed by atoms with E-state index < -0.39 is 0 Å². The number of amides is 2. The molecule has 21 heavy (non-hydrogen) atoms. The second-order valence-corrected chi connectivity index (χ2v) is 5.65. The van der Waals surface area contributed by atoms with E-state index >= 15 is 0 Å². The van der Waals surface area contributed by atoms with Gasteiger partial charge in [0.25, 0.3) is 0 Å². The number of rotatable bonds is 5. The van der Waals surface area contributed by atoms with Gasteiger partial charge in [0.05, 0.1) is 0 Å². The number of aliphatic hydroxyl groups excluding tert-OH is 1. The largest absolute Gasteiger partial charge is 0.508 e. The van der Waals surface area contributed by atoms with Crippen molar-refractivity contribution in [1.82, 2.24) is 10.6 Å². The third-order valence-electron chi connectivity index (χ3n) is 4.07. The summed E-state index contributed by atoms with van der Waals surface area (Å²) in [5.74, 6) is 0.417. The SMILES string of the molecule is O=C(NCCc1cccc(O)c1)NC1CCCCC1CO. The predicted molar refractivity (Wildman–Crippen MR) is 81.2 cm³/mol. The minimum atomic E-state index is -0.180. The molecule has 2 amide bonds. The van der Waals surface area contributed by atoms with Crippen LogP contribution in [0.5, 0.6) is 5.75 Å². The maximum atomic E-state index is 11.9. The van der Waals surface area contributed by atoms with Gasteiger partial charge in [0.2, 0.25) is 0 Å². The number of aromatic hydroxyl groups is 1. The number of carbonyl (C=O) groups excluding carboxylic acids is 1. The molecule has 1 fully saturated rings. The van der Waals surface area contributed by atoms with E-state index in [0.717, 1.165) is 31.2 Å². The Morgan fingerprint density at radius 3 is 2.86 bits per heavy atom. The Hall–Kier alpha value is -1.75. The van der Waals surface area contributed by atoms with E-state index in [4.69, 9.17) is 0 Å². The van der Waals surface area contributed by atoms with E-state index in [1.165, 1.54) is 0 Å². The average molecular weight is 292 g/mol. The van der Waals surface area contributed by atoms with Gasteiger partial charge >= 0.3 is 6.03 Å². The molecule has 5 nitrogen and oxygen atoms in total. The number of phenolic OH excluding ortho intramolecular Hbond substituents is 1. The summed E-state index contributed by atoms with van der Waals surface area (Å²) in [5, 5.41) is 24.5. The van der Waals surface area contributed by atoms with E-state index in [1.54, 1.807) is 18.2 Å². The first-order chi connectivity index (χ1) is 10.2. The van der Waals surface area contributed by atoms with Gasteiger partial charge in [0.15, 0.2) is 0 Å². The molecule has 1 aromatic rings. The molecule has 116 valence electrons. The van der Waals surface area contributed by atoms with Crippen molar-refractivity contribution in [3.63, 3.8) is 0 Å². The molecular formula is C16H24N2O3. The molecule has 5 heteroatoms. The van der Waals surface area contributed by atoms with Crippen molar-refractivity contribution in [2.24, 2.45) is 5.92 Å². The summed E-state index contributed by atoms with van der Waals surface area (Å²) in [5.41, 5.74) is 0.987. The van der Waals surface area contributed by atoms with Gasteiger partial charge in [0.1, 0.15) is 5.75 Å². The molecule has 0 bridgehead atoms. The van der Waals surface area contributed by atoms with E-state index in [2.05, 4.69) is 10.6 Å². The van der Waals surface area contributed by atoms with Crippen LogP contribution in [0.4, 0.5) is 4.79 Å². The summed E-state index contributed by atoms with van der Waals surface area (Å²) < 4.78 is 0. The van der Waals surface area contributed by atoms with Crippen LogP contribution in [0.25, 0.3) is 0 Å². The lowest BCUT2D eigenvalue weighted by Crippen LogP contribution is -2.48. The van der Waals surface area contributed by atoms with Crippen molar-refractivity contribution in [2.45, 2.75) is 38.1 Å². The second kappa shape index (κ2) is 7.88. The smallest absolute Gasteiger partial charge is 0.315 e. The molecule has 0 aliphatic heterocycles. The maximum absolute atomic E-state index is 11.9. The molecule has 1 saturated carbocycles. The molecule has 2 atom stereocenters. The summed E-state index contributed by atoms with van der Waals surface area (Å²) in [6.07, 6.45) is 4.82. The number of carbonyl (C=O) groups is 1. The zero-order chi connectivity index (χ0) is 15.1. The highest BCUT2D eigenvalue weighted by atomic mass is 16.3. The van der Waals surface area contributed by atoms with Gasteiger partial charge in [-0.15, -0.1) is 0 Å². The van der Waals surface area contributed by atoms with E-state index in [1.807, 2.05) is 6.07 Å². The monoisotopic (exact) mass is 292 g/mol. The molecule has 0 saturated heterocycles. The van der Waals surface area contributed by atoms with Crippen molar-refractivity contribution >= 4 is 6.03 Å². The number of hydrogen-bond acceptors (Lipinski definition) is 3. The number of urea groups is 1. The first-order valence-electron chi connectivity index (χ1n) is 7.62. The number of aliphatic hydroxyl groups is 1. The number of benzene rings is 1. The Bertz CT molecular complexity index is 465. The Labute approximate surface area is 125 Å². The van der Waals surface area contributed by atoms with Crippen LogP contribution in [0.2, 0.25) is 0 Å². The minimum absolute atomic E-state index is 0.0736. The molecule has 1 aliphatic carbocycles. The molecule has 1 aromatic carbocycles.